The first-order valence-electron chi connectivity index (χ1n) is 10.3. The lowest BCUT2D eigenvalue weighted by Crippen LogP contribution is -2.60. The molecule has 0 aromatic rings. The van der Waals surface area contributed by atoms with E-state index in [-0.39, 0.29) is 18.8 Å². The van der Waals surface area contributed by atoms with Crippen LogP contribution in [0.4, 0.5) is 0 Å². The minimum Gasteiger partial charge on any atom is -0.469 e. The van der Waals surface area contributed by atoms with Crippen molar-refractivity contribution in [2.75, 3.05) is 13.7 Å². The number of esters is 2. The van der Waals surface area contributed by atoms with E-state index in [1.54, 1.807) is 0 Å². The minimum absolute atomic E-state index is 0.0432. The lowest BCUT2D eigenvalue weighted by Gasteiger charge is -2.43. The number of hydrogen-bond acceptors (Lipinski definition) is 7. The molecule has 0 heterocycles. The Balaban J connectivity index is 4.90. The first kappa shape index (κ1) is 28.7. The fourth-order valence-electron chi connectivity index (χ4n) is 2.62. The predicted octanol–water partition coefficient (Wildman–Crippen LogP) is 4.76. The van der Waals surface area contributed by atoms with Gasteiger partial charge in [-0.3, -0.25) is 9.59 Å². The summed E-state index contributed by atoms with van der Waals surface area (Å²) in [6.45, 7) is 19.8. The first-order chi connectivity index (χ1) is 13.0. The van der Waals surface area contributed by atoms with E-state index in [1.807, 2.05) is 0 Å². The lowest BCUT2D eigenvalue weighted by molar-refractivity contribution is -0.149. The summed E-state index contributed by atoms with van der Waals surface area (Å²) in [6, 6.07) is 0.728. The number of rotatable bonds is 14. The molecular weight excluding hydrogens is 441 g/mol. The van der Waals surface area contributed by atoms with Gasteiger partial charge in [-0.05, 0) is 71.8 Å². The van der Waals surface area contributed by atoms with Gasteiger partial charge >= 0.3 is 20.7 Å². The number of carbonyl (C=O) groups is 2. The van der Waals surface area contributed by atoms with Crippen LogP contribution in [-0.4, -0.2) is 59.4 Å². The largest absolute Gasteiger partial charge is 0.469 e. The van der Waals surface area contributed by atoms with Crippen LogP contribution in [0.1, 0.15) is 25.7 Å². The maximum atomic E-state index is 11.7. The summed E-state index contributed by atoms with van der Waals surface area (Å²) in [6.07, 6.45) is 1.60. The standard InChI is InChI=1S/C18H42O7Si4/c1-21-17(19)13-14-18(20)22-15-11-12-16-29(23-26(2,3)4,24-27(5,6)7)25-28(8,9)10/h11-16H2,1-10H3. The van der Waals surface area contributed by atoms with E-state index in [2.05, 4.69) is 63.7 Å². The van der Waals surface area contributed by atoms with Gasteiger partial charge in [-0.25, -0.2) is 0 Å². The van der Waals surface area contributed by atoms with Gasteiger partial charge in [0.05, 0.1) is 26.6 Å². The molecule has 0 fully saturated rings. The molecule has 0 saturated heterocycles. The van der Waals surface area contributed by atoms with Crippen LogP contribution in [0.25, 0.3) is 0 Å². The predicted molar refractivity (Wildman–Crippen MR) is 125 cm³/mol. The number of ether oxygens (including phenoxy) is 2. The molecule has 0 aromatic heterocycles. The molecule has 0 unspecified atom stereocenters. The molecule has 11 heteroatoms. The van der Waals surface area contributed by atoms with Gasteiger partial charge in [0, 0.05) is 6.04 Å². The molecule has 0 radical (unpaired) electrons. The van der Waals surface area contributed by atoms with E-state index in [0.29, 0.717) is 13.0 Å². The third-order valence-electron chi connectivity index (χ3n) is 3.29. The Hall–Kier alpha value is -0.312. The highest BCUT2D eigenvalue weighted by molar-refractivity contribution is 6.90. The Morgan fingerprint density at radius 1 is 0.655 bits per heavy atom. The zero-order valence-corrected chi connectivity index (χ0v) is 24.1. The number of hydrogen-bond donors (Lipinski definition) is 0. The Kier molecular flexibility index (Phi) is 11.8. The van der Waals surface area contributed by atoms with Crippen molar-refractivity contribution in [1.29, 1.82) is 0 Å². The Labute approximate surface area is 181 Å². The third-order valence-corrected chi connectivity index (χ3v) is 15.3. The molecule has 0 spiro atoms. The van der Waals surface area contributed by atoms with Gasteiger partial charge in [0.1, 0.15) is 0 Å². The van der Waals surface area contributed by atoms with Crippen molar-refractivity contribution in [2.24, 2.45) is 0 Å². The zero-order valence-electron chi connectivity index (χ0n) is 20.1. The highest BCUT2D eigenvalue weighted by Crippen LogP contribution is 2.30. The number of carbonyl (C=O) groups excluding carboxylic acids is 2. The minimum atomic E-state index is -2.83. The summed E-state index contributed by atoms with van der Waals surface area (Å²) in [5, 5.41) is 0. The molecule has 0 amide bonds. The monoisotopic (exact) mass is 482 g/mol. The number of unbranched alkanes of at least 4 members (excludes halogenated alkanes) is 1. The summed E-state index contributed by atoms with van der Waals surface area (Å²) in [7, 11) is -7.16. The highest BCUT2D eigenvalue weighted by Gasteiger charge is 2.49. The van der Waals surface area contributed by atoms with Crippen molar-refractivity contribution in [3.63, 3.8) is 0 Å². The third kappa shape index (κ3) is 16.1. The Morgan fingerprint density at radius 2 is 1.07 bits per heavy atom. The second kappa shape index (κ2) is 11.9. The molecule has 0 rings (SSSR count). The summed E-state index contributed by atoms with van der Waals surface area (Å²) in [4.78, 5) is 22.8. The van der Waals surface area contributed by atoms with Crippen molar-refractivity contribution >= 4 is 45.7 Å². The molecule has 0 saturated carbocycles. The van der Waals surface area contributed by atoms with Gasteiger partial charge < -0.3 is 21.8 Å². The number of methoxy groups -OCH3 is 1. The van der Waals surface area contributed by atoms with Crippen LogP contribution in [0.3, 0.4) is 0 Å². The van der Waals surface area contributed by atoms with Crippen molar-refractivity contribution in [3.8, 4) is 0 Å². The Bertz CT molecular complexity index is 481. The molecule has 0 aliphatic heterocycles. The van der Waals surface area contributed by atoms with Crippen molar-refractivity contribution in [2.45, 2.75) is 90.7 Å². The molecule has 0 bridgehead atoms. The van der Waals surface area contributed by atoms with Crippen LogP contribution < -0.4 is 0 Å². The van der Waals surface area contributed by atoms with Gasteiger partial charge in [0.15, 0.2) is 25.0 Å². The molecule has 0 N–H and O–H groups in total. The SMILES string of the molecule is COC(=O)CCC(=O)OCCCC[Si](O[Si](C)(C)C)(O[Si](C)(C)C)O[Si](C)(C)C. The molecule has 0 atom stereocenters. The van der Waals surface area contributed by atoms with Crippen LogP contribution in [-0.2, 0) is 31.4 Å². The van der Waals surface area contributed by atoms with Gasteiger partial charge in [-0.1, -0.05) is 0 Å². The Morgan fingerprint density at radius 3 is 1.45 bits per heavy atom. The average Bonchev–Trinajstić information content (AvgIpc) is 2.46. The van der Waals surface area contributed by atoms with E-state index < -0.39 is 39.7 Å². The second-order valence-corrected chi connectivity index (χ2v) is 27.1. The average molecular weight is 483 g/mol. The van der Waals surface area contributed by atoms with E-state index in [9.17, 15) is 9.59 Å². The fourth-order valence-corrected chi connectivity index (χ4v) is 17.4. The topological polar surface area (TPSA) is 80.3 Å². The van der Waals surface area contributed by atoms with Crippen LogP contribution in [0.2, 0.25) is 65.0 Å². The van der Waals surface area contributed by atoms with E-state index >= 15 is 0 Å². The second-order valence-electron chi connectivity index (χ2n) is 10.1. The van der Waals surface area contributed by atoms with Crippen LogP contribution in [0.5, 0.6) is 0 Å². The van der Waals surface area contributed by atoms with Crippen LogP contribution in [0, 0.1) is 0 Å². The van der Waals surface area contributed by atoms with E-state index in [1.165, 1.54) is 7.11 Å². The van der Waals surface area contributed by atoms with Crippen LogP contribution >= 0.6 is 0 Å². The smallest absolute Gasteiger partial charge is 0.469 e. The summed E-state index contributed by atoms with van der Waals surface area (Å²) < 4.78 is 29.6. The zero-order chi connectivity index (χ0) is 22.9. The molecular formula is C18H42O7Si4. The van der Waals surface area contributed by atoms with Crippen LogP contribution in [0.15, 0.2) is 0 Å². The van der Waals surface area contributed by atoms with Gasteiger partial charge in [-0.15, -0.1) is 0 Å². The molecule has 0 aliphatic carbocycles. The first-order valence-corrected chi connectivity index (χ1v) is 22.5. The molecule has 29 heavy (non-hydrogen) atoms. The molecule has 7 nitrogen and oxygen atoms in total. The van der Waals surface area contributed by atoms with Gasteiger partial charge in [-0.2, -0.15) is 0 Å². The van der Waals surface area contributed by atoms with E-state index in [0.717, 1.165) is 12.5 Å². The summed E-state index contributed by atoms with van der Waals surface area (Å²) >= 11 is 0. The highest BCUT2D eigenvalue weighted by atomic mass is 28.5. The van der Waals surface area contributed by atoms with Crippen molar-refractivity contribution < 1.29 is 31.4 Å². The molecule has 0 aliphatic rings. The van der Waals surface area contributed by atoms with E-state index in [4.69, 9.17) is 17.1 Å². The quantitative estimate of drug-likeness (QED) is 0.201. The lowest BCUT2D eigenvalue weighted by atomic mass is 10.3. The van der Waals surface area contributed by atoms with Crippen molar-refractivity contribution in [1.82, 2.24) is 0 Å². The molecule has 0 aromatic carbocycles. The fraction of sp³-hybridized carbons (Fsp3) is 0.889. The maximum absolute atomic E-state index is 11.7. The molecule has 172 valence electrons. The summed E-state index contributed by atoms with van der Waals surface area (Å²) in [5.74, 6) is -0.790. The normalized spacial score (nSPS) is 13.3. The van der Waals surface area contributed by atoms with Gasteiger partial charge in [0.25, 0.3) is 0 Å². The van der Waals surface area contributed by atoms with Gasteiger partial charge in [0.2, 0.25) is 0 Å². The maximum Gasteiger partial charge on any atom is 0.469 e. The summed E-state index contributed by atoms with van der Waals surface area (Å²) in [5.41, 5.74) is 0. The van der Waals surface area contributed by atoms with Crippen molar-refractivity contribution in [3.05, 3.63) is 0 Å².